The summed E-state index contributed by atoms with van der Waals surface area (Å²) in [7, 11) is 1.84. The first-order valence-corrected chi connectivity index (χ1v) is 7.20. The number of aryl methyl sites for hydroxylation is 1. The number of carbonyl (C=O) groups excluding carboxylic acids is 1. The Bertz CT molecular complexity index is 583. The van der Waals surface area contributed by atoms with E-state index in [-0.39, 0.29) is 19.1 Å². The topological polar surface area (TPSA) is 76.4 Å². The van der Waals surface area contributed by atoms with Crippen molar-refractivity contribution in [2.75, 3.05) is 13.2 Å². The predicted octanol–water partition coefficient (Wildman–Crippen LogP) is 1.50. The highest BCUT2D eigenvalue weighted by molar-refractivity contribution is 5.67. The minimum Gasteiger partial charge on any atom is -0.445 e. The van der Waals surface area contributed by atoms with Gasteiger partial charge in [0.05, 0.1) is 6.20 Å². The Labute approximate surface area is 129 Å². The zero-order valence-corrected chi connectivity index (χ0v) is 12.6. The van der Waals surface area contributed by atoms with Crippen molar-refractivity contribution in [2.45, 2.75) is 13.0 Å². The quantitative estimate of drug-likeness (QED) is 0.812. The highest BCUT2D eigenvalue weighted by atomic mass is 16.5. The molecule has 2 aromatic rings. The van der Waals surface area contributed by atoms with Crippen molar-refractivity contribution in [3.63, 3.8) is 0 Å². The summed E-state index contributed by atoms with van der Waals surface area (Å²) in [5, 5.41) is 16.2. The first kappa shape index (κ1) is 16.0. The number of hydrogen-bond donors (Lipinski definition) is 2. The van der Waals surface area contributed by atoms with Gasteiger partial charge in [-0.25, -0.2) is 4.79 Å². The lowest BCUT2D eigenvalue weighted by Gasteiger charge is -2.14. The molecule has 118 valence electrons. The molecule has 0 bridgehead atoms. The highest BCUT2D eigenvalue weighted by Gasteiger charge is 2.12. The molecule has 0 aliphatic carbocycles. The molecule has 2 N–H and O–H groups in total. The van der Waals surface area contributed by atoms with Crippen LogP contribution in [0.5, 0.6) is 0 Å². The molecule has 0 radical (unpaired) electrons. The average molecular weight is 303 g/mol. The molecule has 0 saturated carbocycles. The Morgan fingerprint density at radius 2 is 2.14 bits per heavy atom. The van der Waals surface area contributed by atoms with Gasteiger partial charge in [-0.15, -0.1) is 0 Å². The van der Waals surface area contributed by atoms with Crippen LogP contribution in [-0.2, 0) is 24.8 Å². The third-order valence-corrected chi connectivity index (χ3v) is 3.29. The van der Waals surface area contributed by atoms with E-state index in [1.807, 2.05) is 43.6 Å². The third-order valence-electron chi connectivity index (χ3n) is 3.29. The minimum atomic E-state index is -0.478. The van der Waals surface area contributed by atoms with Gasteiger partial charge in [-0.3, -0.25) is 4.68 Å². The summed E-state index contributed by atoms with van der Waals surface area (Å²) in [6, 6.07) is 9.49. The van der Waals surface area contributed by atoms with E-state index in [0.717, 1.165) is 11.1 Å². The summed E-state index contributed by atoms with van der Waals surface area (Å²) < 4.78 is 6.84. The normalized spacial score (nSPS) is 11.9. The minimum absolute atomic E-state index is 0.00609. The summed E-state index contributed by atoms with van der Waals surface area (Å²) in [5.41, 5.74) is 1.97. The molecule has 22 heavy (non-hydrogen) atoms. The molecular formula is C16H21N3O3. The number of rotatable bonds is 7. The number of benzene rings is 1. The van der Waals surface area contributed by atoms with Gasteiger partial charge in [0.1, 0.15) is 6.61 Å². The van der Waals surface area contributed by atoms with Crippen molar-refractivity contribution in [1.82, 2.24) is 15.1 Å². The molecule has 0 spiro atoms. The molecule has 0 aliphatic rings. The zero-order chi connectivity index (χ0) is 15.8. The van der Waals surface area contributed by atoms with E-state index in [2.05, 4.69) is 10.4 Å². The van der Waals surface area contributed by atoms with Gasteiger partial charge in [0.25, 0.3) is 0 Å². The predicted molar refractivity (Wildman–Crippen MR) is 82.1 cm³/mol. The van der Waals surface area contributed by atoms with Crippen LogP contribution in [0.15, 0.2) is 42.7 Å². The molecule has 1 unspecified atom stereocenters. The van der Waals surface area contributed by atoms with Crippen LogP contribution in [0.25, 0.3) is 0 Å². The monoisotopic (exact) mass is 303 g/mol. The summed E-state index contributed by atoms with van der Waals surface area (Å²) in [4.78, 5) is 11.7. The van der Waals surface area contributed by atoms with Crippen molar-refractivity contribution in [1.29, 1.82) is 0 Å². The number of aromatic nitrogens is 2. The van der Waals surface area contributed by atoms with Crippen LogP contribution >= 0.6 is 0 Å². The Morgan fingerprint density at radius 1 is 1.36 bits per heavy atom. The maximum absolute atomic E-state index is 11.7. The molecular weight excluding hydrogens is 282 g/mol. The number of hydrogen-bond acceptors (Lipinski definition) is 4. The van der Waals surface area contributed by atoms with Crippen molar-refractivity contribution >= 4 is 6.09 Å². The molecule has 1 amide bonds. The largest absolute Gasteiger partial charge is 0.445 e. The molecule has 1 atom stereocenters. The fraction of sp³-hybridized carbons (Fsp3) is 0.375. The Kier molecular flexibility index (Phi) is 5.97. The number of ether oxygens (including phenoxy) is 1. The SMILES string of the molecule is Cn1cc(CC(CO)CNC(=O)OCc2ccccc2)cn1. The molecule has 2 rings (SSSR count). The second-order valence-electron chi connectivity index (χ2n) is 5.22. The van der Waals surface area contributed by atoms with Crippen LogP contribution in [0.4, 0.5) is 4.79 Å². The van der Waals surface area contributed by atoms with Crippen molar-refractivity contribution in [3.05, 3.63) is 53.9 Å². The molecule has 1 aromatic heterocycles. The maximum Gasteiger partial charge on any atom is 0.407 e. The molecule has 0 saturated heterocycles. The fourth-order valence-electron chi connectivity index (χ4n) is 2.11. The van der Waals surface area contributed by atoms with E-state index in [9.17, 15) is 9.90 Å². The standard InChI is InChI=1S/C16H21N3O3/c1-19-10-14(9-18-19)7-15(11-20)8-17-16(21)22-12-13-5-3-2-4-6-13/h2-6,9-10,15,20H,7-8,11-12H2,1H3,(H,17,21). The number of alkyl carbamates (subject to hydrolysis) is 1. The van der Waals surface area contributed by atoms with E-state index in [4.69, 9.17) is 4.74 Å². The lowest BCUT2D eigenvalue weighted by Crippen LogP contribution is -2.32. The Hall–Kier alpha value is -2.34. The first-order valence-electron chi connectivity index (χ1n) is 7.20. The highest BCUT2D eigenvalue weighted by Crippen LogP contribution is 2.07. The number of aliphatic hydroxyl groups excluding tert-OH is 1. The van der Waals surface area contributed by atoms with Crippen molar-refractivity contribution in [3.8, 4) is 0 Å². The summed E-state index contributed by atoms with van der Waals surface area (Å²) >= 11 is 0. The molecule has 0 fully saturated rings. The van der Waals surface area contributed by atoms with Crippen LogP contribution in [0.3, 0.4) is 0 Å². The van der Waals surface area contributed by atoms with Gasteiger partial charge in [-0.2, -0.15) is 5.10 Å². The van der Waals surface area contributed by atoms with Gasteiger partial charge in [0, 0.05) is 32.3 Å². The van der Waals surface area contributed by atoms with Crippen molar-refractivity contribution in [2.24, 2.45) is 13.0 Å². The number of nitrogens with zero attached hydrogens (tertiary/aromatic N) is 2. The van der Waals surface area contributed by atoms with E-state index < -0.39 is 6.09 Å². The number of amides is 1. The first-order chi connectivity index (χ1) is 10.7. The van der Waals surface area contributed by atoms with E-state index in [1.165, 1.54) is 0 Å². The van der Waals surface area contributed by atoms with Crippen LogP contribution < -0.4 is 5.32 Å². The number of carbonyl (C=O) groups is 1. The molecule has 6 nitrogen and oxygen atoms in total. The second-order valence-corrected chi connectivity index (χ2v) is 5.22. The van der Waals surface area contributed by atoms with E-state index in [1.54, 1.807) is 10.9 Å². The van der Waals surface area contributed by atoms with Gasteiger partial charge < -0.3 is 15.2 Å². The van der Waals surface area contributed by atoms with Gasteiger partial charge in [0.15, 0.2) is 0 Å². The number of aliphatic hydroxyl groups is 1. The van der Waals surface area contributed by atoms with Gasteiger partial charge in [-0.05, 0) is 17.5 Å². The summed E-state index contributed by atoms with van der Waals surface area (Å²) in [6.07, 6.45) is 3.84. The zero-order valence-electron chi connectivity index (χ0n) is 12.6. The molecule has 0 aliphatic heterocycles. The Morgan fingerprint density at radius 3 is 2.77 bits per heavy atom. The van der Waals surface area contributed by atoms with Crippen LogP contribution in [-0.4, -0.2) is 34.1 Å². The smallest absolute Gasteiger partial charge is 0.407 e. The van der Waals surface area contributed by atoms with Gasteiger partial charge in [0.2, 0.25) is 0 Å². The Balaban J connectivity index is 1.71. The fourth-order valence-corrected chi connectivity index (χ4v) is 2.11. The maximum atomic E-state index is 11.7. The van der Waals surface area contributed by atoms with Crippen LogP contribution in [0.1, 0.15) is 11.1 Å². The molecule has 1 aromatic carbocycles. The van der Waals surface area contributed by atoms with Gasteiger partial charge >= 0.3 is 6.09 Å². The average Bonchev–Trinajstić information content (AvgIpc) is 2.95. The van der Waals surface area contributed by atoms with Gasteiger partial charge in [-0.1, -0.05) is 30.3 Å². The van der Waals surface area contributed by atoms with E-state index in [0.29, 0.717) is 13.0 Å². The van der Waals surface area contributed by atoms with Crippen molar-refractivity contribution < 1.29 is 14.6 Å². The second kappa shape index (κ2) is 8.19. The molecule has 6 heteroatoms. The third kappa shape index (κ3) is 5.21. The summed E-state index contributed by atoms with van der Waals surface area (Å²) in [6.45, 7) is 0.589. The summed E-state index contributed by atoms with van der Waals surface area (Å²) in [5.74, 6) is -0.0616. The number of nitrogens with one attached hydrogen (secondary N) is 1. The lowest BCUT2D eigenvalue weighted by molar-refractivity contribution is 0.135. The molecule has 1 heterocycles. The van der Waals surface area contributed by atoms with E-state index >= 15 is 0 Å². The van der Waals surface area contributed by atoms with Crippen LogP contribution in [0, 0.1) is 5.92 Å². The van der Waals surface area contributed by atoms with Crippen LogP contribution in [0.2, 0.25) is 0 Å². The lowest BCUT2D eigenvalue weighted by atomic mass is 10.0.